The van der Waals surface area contributed by atoms with Gasteiger partial charge < -0.3 is 24.3 Å². The van der Waals surface area contributed by atoms with Crippen molar-refractivity contribution in [1.82, 2.24) is 24.8 Å². The van der Waals surface area contributed by atoms with Crippen LogP contribution in [0.5, 0.6) is 11.5 Å². The molecule has 0 radical (unpaired) electrons. The van der Waals surface area contributed by atoms with Gasteiger partial charge in [-0.3, -0.25) is 14.7 Å². The van der Waals surface area contributed by atoms with E-state index < -0.39 is 0 Å². The van der Waals surface area contributed by atoms with Crippen molar-refractivity contribution in [3.8, 4) is 11.5 Å². The Kier molecular flexibility index (Phi) is 7.00. The summed E-state index contributed by atoms with van der Waals surface area (Å²) < 4.78 is 11.2. The second-order valence-corrected chi connectivity index (χ2v) is 10.2. The molecule has 3 aromatic heterocycles. The first-order chi connectivity index (χ1) is 18.7. The maximum Gasteiger partial charge on any atom is 0.236 e. The molecule has 6 rings (SSSR count). The van der Waals surface area contributed by atoms with Crippen LogP contribution in [0, 0.1) is 5.92 Å². The zero-order valence-electron chi connectivity index (χ0n) is 21.8. The molecule has 0 saturated carbocycles. The molecule has 1 unspecified atom stereocenters. The molecule has 1 N–H and O–H groups in total. The van der Waals surface area contributed by atoms with E-state index in [-0.39, 0.29) is 5.91 Å². The number of nitrogens with one attached hydrogen (secondary N) is 1. The van der Waals surface area contributed by atoms with Crippen LogP contribution < -0.4 is 14.4 Å². The molecular weight excluding hydrogens is 480 g/mol. The number of carbonyl (C=O) groups excluding carboxylic acids is 1. The first kappa shape index (κ1) is 24.5. The maximum atomic E-state index is 13.2. The number of benzene rings is 1. The van der Waals surface area contributed by atoms with Gasteiger partial charge >= 0.3 is 0 Å². The third-order valence-corrected chi connectivity index (χ3v) is 7.76. The Hall–Kier alpha value is -3.85. The van der Waals surface area contributed by atoms with Gasteiger partial charge in [0.25, 0.3) is 0 Å². The molecule has 2 aliphatic rings. The minimum absolute atomic E-state index is 0.224. The summed E-state index contributed by atoms with van der Waals surface area (Å²) in [7, 11) is 1.66. The largest absolute Gasteiger partial charge is 0.497 e. The number of nitrogens with zero attached hydrogens (tertiary/aromatic N) is 5. The zero-order valence-corrected chi connectivity index (χ0v) is 21.8. The number of methoxy groups -OCH3 is 1. The fraction of sp³-hybridized carbons (Fsp3) is 0.414. The molecule has 0 bridgehead atoms. The van der Waals surface area contributed by atoms with Crippen molar-refractivity contribution in [2.45, 2.75) is 12.8 Å². The third-order valence-electron chi connectivity index (χ3n) is 7.76. The average Bonchev–Trinajstić information content (AvgIpc) is 3.46. The predicted octanol–water partition coefficient (Wildman–Crippen LogP) is 3.56. The van der Waals surface area contributed by atoms with Crippen LogP contribution in [0.3, 0.4) is 0 Å². The number of anilines is 1. The van der Waals surface area contributed by atoms with E-state index in [1.165, 1.54) is 5.69 Å². The minimum atomic E-state index is 0.224. The van der Waals surface area contributed by atoms with Crippen molar-refractivity contribution in [1.29, 1.82) is 0 Å². The van der Waals surface area contributed by atoms with Crippen LogP contribution in [0.2, 0.25) is 0 Å². The van der Waals surface area contributed by atoms with Gasteiger partial charge in [0.05, 0.1) is 32.0 Å². The van der Waals surface area contributed by atoms with Gasteiger partial charge in [-0.1, -0.05) is 0 Å². The van der Waals surface area contributed by atoms with Crippen LogP contribution >= 0.6 is 0 Å². The van der Waals surface area contributed by atoms with E-state index >= 15 is 0 Å². The Morgan fingerprint density at radius 2 is 1.84 bits per heavy atom. The van der Waals surface area contributed by atoms with Gasteiger partial charge in [0, 0.05) is 74.0 Å². The number of H-pyrrole nitrogens is 1. The van der Waals surface area contributed by atoms with E-state index in [1.807, 2.05) is 47.8 Å². The summed E-state index contributed by atoms with van der Waals surface area (Å²) >= 11 is 0. The standard InChI is InChI=1S/C29H34N6O3/c1-37-22-4-6-23(7-5-22)38-20-21-3-2-12-35(18-21)27(36)19-33-13-15-34(16-14-33)26-9-11-30-25-17-32-29-24(28(25)26)8-10-31-29/h4-11,17,21H,2-3,12-16,18-20H2,1H3,(H,31,32). The van der Waals surface area contributed by atoms with Gasteiger partial charge in [0.1, 0.15) is 17.1 Å². The van der Waals surface area contributed by atoms with E-state index in [1.54, 1.807) is 7.11 Å². The molecule has 38 heavy (non-hydrogen) atoms. The summed E-state index contributed by atoms with van der Waals surface area (Å²) in [6.07, 6.45) is 7.73. The van der Waals surface area contributed by atoms with E-state index in [0.717, 1.165) is 85.5 Å². The lowest BCUT2D eigenvalue weighted by atomic mass is 9.99. The lowest BCUT2D eigenvalue weighted by molar-refractivity contribution is -0.134. The topological polar surface area (TPSA) is 86.8 Å². The lowest BCUT2D eigenvalue weighted by Crippen LogP contribution is -2.51. The number of hydrogen-bond donors (Lipinski definition) is 1. The van der Waals surface area contributed by atoms with Crippen LogP contribution in [-0.4, -0.2) is 90.2 Å². The van der Waals surface area contributed by atoms with Crippen molar-refractivity contribution in [3.63, 3.8) is 0 Å². The Balaban J connectivity index is 1.02. The highest BCUT2D eigenvalue weighted by atomic mass is 16.5. The summed E-state index contributed by atoms with van der Waals surface area (Å²) in [6, 6.07) is 11.8. The van der Waals surface area contributed by atoms with Crippen molar-refractivity contribution < 1.29 is 14.3 Å². The lowest BCUT2D eigenvalue weighted by Gasteiger charge is -2.38. The molecule has 5 heterocycles. The molecule has 0 spiro atoms. The number of ether oxygens (including phenoxy) is 2. The normalized spacial score (nSPS) is 18.7. The first-order valence-electron chi connectivity index (χ1n) is 13.4. The van der Waals surface area contributed by atoms with Crippen LogP contribution in [0.25, 0.3) is 21.9 Å². The fourth-order valence-corrected chi connectivity index (χ4v) is 5.65. The summed E-state index contributed by atoms with van der Waals surface area (Å²) in [5.41, 5.74) is 2.97. The van der Waals surface area contributed by atoms with E-state index in [2.05, 4.69) is 36.9 Å². The Labute approximate surface area is 222 Å². The second-order valence-electron chi connectivity index (χ2n) is 10.2. The van der Waals surface area contributed by atoms with E-state index in [0.29, 0.717) is 19.1 Å². The van der Waals surface area contributed by atoms with Gasteiger partial charge in [-0.15, -0.1) is 0 Å². The molecule has 0 aliphatic carbocycles. The monoisotopic (exact) mass is 514 g/mol. The molecular formula is C29H34N6O3. The molecule has 9 heteroatoms. The van der Waals surface area contributed by atoms with Crippen LogP contribution in [-0.2, 0) is 4.79 Å². The van der Waals surface area contributed by atoms with Crippen LogP contribution in [0.4, 0.5) is 5.69 Å². The summed E-state index contributed by atoms with van der Waals surface area (Å²) in [5.74, 6) is 2.23. The number of hydrogen-bond acceptors (Lipinski definition) is 7. The predicted molar refractivity (Wildman–Crippen MR) is 148 cm³/mol. The maximum absolute atomic E-state index is 13.2. The second kappa shape index (κ2) is 10.9. The number of aromatic amines is 1. The number of piperazine rings is 1. The molecule has 1 atom stereocenters. The van der Waals surface area contributed by atoms with Gasteiger partial charge in [-0.25, -0.2) is 4.98 Å². The molecule has 1 amide bonds. The van der Waals surface area contributed by atoms with Gasteiger partial charge in [0.2, 0.25) is 5.91 Å². The molecule has 4 aromatic rings. The Morgan fingerprint density at radius 3 is 2.66 bits per heavy atom. The number of carbonyl (C=O) groups is 1. The number of aromatic nitrogens is 3. The smallest absolute Gasteiger partial charge is 0.236 e. The highest BCUT2D eigenvalue weighted by molar-refractivity contribution is 6.10. The fourth-order valence-electron chi connectivity index (χ4n) is 5.65. The molecule has 2 aliphatic heterocycles. The Morgan fingerprint density at radius 1 is 1.03 bits per heavy atom. The third kappa shape index (κ3) is 5.11. The summed E-state index contributed by atoms with van der Waals surface area (Å²) in [6.45, 7) is 6.16. The van der Waals surface area contributed by atoms with Crippen molar-refractivity contribution >= 4 is 33.5 Å². The number of rotatable bonds is 7. The van der Waals surface area contributed by atoms with Crippen molar-refractivity contribution in [2.75, 3.05) is 64.4 Å². The number of pyridine rings is 2. The summed E-state index contributed by atoms with van der Waals surface area (Å²) in [4.78, 5) is 32.1. The number of likely N-dealkylation sites (tertiary alicyclic amines) is 1. The molecule has 1 aromatic carbocycles. The summed E-state index contributed by atoms with van der Waals surface area (Å²) in [5, 5.41) is 2.23. The molecule has 2 saturated heterocycles. The minimum Gasteiger partial charge on any atom is -0.497 e. The van der Waals surface area contributed by atoms with Gasteiger partial charge in [-0.05, 0) is 49.2 Å². The van der Waals surface area contributed by atoms with Crippen LogP contribution in [0.15, 0.2) is 55.0 Å². The highest BCUT2D eigenvalue weighted by Gasteiger charge is 2.27. The average molecular weight is 515 g/mol. The van der Waals surface area contributed by atoms with Crippen molar-refractivity contribution in [2.24, 2.45) is 5.92 Å². The SMILES string of the molecule is COc1ccc(OCC2CCCN(C(=O)CN3CCN(c4ccnc5cnc6[nH]ccc6c45)CC3)C2)cc1. The number of piperidine rings is 1. The van der Waals surface area contributed by atoms with E-state index in [9.17, 15) is 4.79 Å². The molecule has 2 fully saturated rings. The number of amides is 1. The van der Waals surface area contributed by atoms with E-state index in [4.69, 9.17) is 9.47 Å². The molecule has 198 valence electrons. The zero-order chi connectivity index (χ0) is 25.9. The van der Waals surface area contributed by atoms with Crippen molar-refractivity contribution in [3.05, 3.63) is 55.0 Å². The Bertz CT molecular complexity index is 1400. The van der Waals surface area contributed by atoms with Gasteiger partial charge in [-0.2, -0.15) is 0 Å². The van der Waals surface area contributed by atoms with Gasteiger partial charge in [0.15, 0.2) is 0 Å². The van der Waals surface area contributed by atoms with Crippen LogP contribution in [0.1, 0.15) is 12.8 Å². The quantitative estimate of drug-likeness (QED) is 0.404. The molecule has 9 nitrogen and oxygen atoms in total. The first-order valence-corrected chi connectivity index (χ1v) is 13.4. The number of fused-ring (bicyclic) bond motifs is 3. The highest BCUT2D eigenvalue weighted by Crippen LogP contribution is 2.31.